The number of rotatable bonds is 7. The molecule has 2 N–H and O–H groups in total. The Hall–Kier alpha value is -3.43. The van der Waals surface area contributed by atoms with Gasteiger partial charge in [0, 0.05) is 30.9 Å². The van der Waals surface area contributed by atoms with Crippen LogP contribution in [0.2, 0.25) is 0 Å². The lowest BCUT2D eigenvalue weighted by molar-refractivity contribution is 0.0941. The number of carbonyl (C=O) groups excluding carboxylic acids is 2. The van der Waals surface area contributed by atoms with Crippen molar-refractivity contribution in [1.29, 1.82) is 0 Å². The summed E-state index contributed by atoms with van der Waals surface area (Å²) in [7, 11) is -3.48. The second-order valence-corrected chi connectivity index (χ2v) is 9.82. The molecule has 0 spiro atoms. The molecular weight excluding hydrogens is 442 g/mol. The first-order valence-electron chi connectivity index (χ1n) is 10.7. The zero-order valence-corrected chi connectivity index (χ0v) is 18.8. The molecule has 0 unspecified atom stereocenters. The molecule has 33 heavy (non-hydrogen) atoms. The second kappa shape index (κ2) is 10.0. The van der Waals surface area contributed by atoms with E-state index in [4.69, 9.17) is 4.42 Å². The van der Waals surface area contributed by atoms with Crippen LogP contribution >= 0.6 is 0 Å². The molecule has 1 aliphatic rings. The first kappa shape index (κ1) is 22.8. The van der Waals surface area contributed by atoms with E-state index in [1.165, 1.54) is 10.6 Å². The average molecular weight is 468 g/mol. The third-order valence-corrected chi connectivity index (χ3v) is 7.57. The minimum atomic E-state index is -3.48. The number of sulfonamides is 1. The Morgan fingerprint density at radius 2 is 1.61 bits per heavy atom. The summed E-state index contributed by atoms with van der Waals surface area (Å²) in [5, 5.41) is 5.63. The van der Waals surface area contributed by atoms with Gasteiger partial charge in [-0.3, -0.25) is 9.59 Å². The molecule has 0 aliphatic carbocycles. The van der Waals surface area contributed by atoms with E-state index < -0.39 is 10.0 Å². The van der Waals surface area contributed by atoms with E-state index in [9.17, 15) is 18.0 Å². The highest BCUT2D eigenvalue weighted by atomic mass is 32.2. The molecule has 8 nitrogen and oxygen atoms in total. The summed E-state index contributed by atoms with van der Waals surface area (Å²) in [5.41, 5.74) is 1.04. The van der Waals surface area contributed by atoms with Crippen molar-refractivity contribution in [1.82, 2.24) is 9.62 Å². The van der Waals surface area contributed by atoms with E-state index in [0.717, 1.165) is 0 Å². The van der Waals surface area contributed by atoms with Gasteiger partial charge < -0.3 is 15.1 Å². The molecule has 0 bridgehead atoms. The molecule has 1 fully saturated rings. The summed E-state index contributed by atoms with van der Waals surface area (Å²) in [6.07, 6.45) is 2.79. The van der Waals surface area contributed by atoms with Gasteiger partial charge in [-0.25, -0.2) is 8.42 Å². The van der Waals surface area contributed by atoms with Crippen molar-refractivity contribution in [3.63, 3.8) is 0 Å². The smallest absolute Gasteiger partial charge is 0.291 e. The van der Waals surface area contributed by atoms with Crippen molar-refractivity contribution in [3.05, 3.63) is 84.3 Å². The van der Waals surface area contributed by atoms with Crippen molar-refractivity contribution in [2.75, 3.05) is 25.0 Å². The fraction of sp³-hybridized carbons (Fsp3) is 0.250. The number of piperidine rings is 1. The fourth-order valence-electron chi connectivity index (χ4n) is 3.74. The van der Waals surface area contributed by atoms with Crippen molar-refractivity contribution < 1.29 is 22.4 Å². The Bertz CT molecular complexity index is 1180. The quantitative estimate of drug-likeness (QED) is 0.554. The molecule has 1 saturated heterocycles. The van der Waals surface area contributed by atoms with Crippen LogP contribution in [-0.2, 0) is 10.0 Å². The Morgan fingerprint density at radius 3 is 2.24 bits per heavy atom. The number of anilines is 1. The van der Waals surface area contributed by atoms with Crippen LogP contribution in [-0.4, -0.2) is 44.2 Å². The van der Waals surface area contributed by atoms with Crippen LogP contribution in [0.5, 0.6) is 0 Å². The van der Waals surface area contributed by atoms with Crippen LogP contribution in [0.1, 0.15) is 33.8 Å². The van der Waals surface area contributed by atoms with Crippen LogP contribution in [0.25, 0.3) is 0 Å². The van der Waals surface area contributed by atoms with E-state index >= 15 is 0 Å². The predicted octanol–water partition coefficient (Wildman–Crippen LogP) is 3.36. The molecule has 0 atom stereocenters. The minimum Gasteiger partial charge on any atom is -0.459 e. The van der Waals surface area contributed by atoms with Gasteiger partial charge in [-0.1, -0.05) is 18.2 Å². The Balaban J connectivity index is 1.24. The van der Waals surface area contributed by atoms with Gasteiger partial charge in [-0.15, -0.1) is 0 Å². The predicted molar refractivity (Wildman–Crippen MR) is 123 cm³/mol. The van der Waals surface area contributed by atoms with Gasteiger partial charge in [0.25, 0.3) is 11.8 Å². The SMILES string of the molecule is O=C(NCC1CCN(S(=O)(=O)c2ccccc2)CC1)c1ccc(NC(=O)c2ccco2)cc1. The van der Waals surface area contributed by atoms with Gasteiger partial charge in [-0.05, 0) is 67.3 Å². The van der Waals surface area contributed by atoms with Gasteiger partial charge in [-0.2, -0.15) is 4.31 Å². The number of hydrogen-bond acceptors (Lipinski definition) is 5. The van der Waals surface area contributed by atoms with Gasteiger partial charge >= 0.3 is 0 Å². The lowest BCUT2D eigenvalue weighted by Crippen LogP contribution is -2.41. The van der Waals surface area contributed by atoms with Gasteiger partial charge in [0.15, 0.2) is 5.76 Å². The molecule has 2 aromatic carbocycles. The van der Waals surface area contributed by atoms with E-state index in [-0.39, 0.29) is 23.5 Å². The van der Waals surface area contributed by atoms with Crippen LogP contribution in [0.4, 0.5) is 5.69 Å². The summed E-state index contributed by atoms with van der Waals surface area (Å²) >= 11 is 0. The number of furan rings is 1. The molecule has 9 heteroatoms. The molecular formula is C24H25N3O5S. The van der Waals surface area contributed by atoms with Gasteiger partial charge in [0.2, 0.25) is 10.0 Å². The molecule has 1 aromatic heterocycles. The highest BCUT2D eigenvalue weighted by Gasteiger charge is 2.29. The number of hydrogen-bond donors (Lipinski definition) is 2. The number of nitrogens with zero attached hydrogens (tertiary/aromatic N) is 1. The largest absolute Gasteiger partial charge is 0.459 e. The van der Waals surface area contributed by atoms with Gasteiger partial charge in [0.1, 0.15) is 0 Å². The van der Waals surface area contributed by atoms with Gasteiger partial charge in [0.05, 0.1) is 11.2 Å². The standard InChI is InChI=1S/C24H25N3O5S/c28-23(19-8-10-20(11-9-19)26-24(29)22-7-4-16-32-22)25-17-18-12-14-27(15-13-18)33(30,31)21-5-2-1-3-6-21/h1-11,16,18H,12-15,17H2,(H,25,28)(H,26,29). The molecule has 3 aromatic rings. The van der Waals surface area contributed by atoms with Crippen molar-refractivity contribution in [3.8, 4) is 0 Å². The zero-order chi connectivity index (χ0) is 23.3. The maximum Gasteiger partial charge on any atom is 0.291 e. The second-order valence-electron chi connectivity index (χ2n) is 7.88. The molecule has 0 radical (unpaired) electrons. The highest BCUT2D eigenvalue weighted by molar-refractivity contribution is 7.89. The third kappa shape index (κ3) is 5.50. The summed E-state index contributed by atoms with van der Waals surface area (Å²) in [6.45, 7) is 1.35. The Labute approximate surface area is 192 Å². The monoisotopic (exact) mass is 467 g/mol. The Kier molecular flexibility index (Phi) is 6.90. The van der Waals surface area contributed by atoms with E-state index in [0.29, 0.717) is 48.6 Å². The topological polar surface area (TPSA) is 109 Å². The maximum atomic E-state index is 12.7. The van der Waals surface area contributed by atoms with Crippen molar-refractivity contribution in [2.24, 2.45) is 5.92 Å². The lowest BCUT2D eigenvalue weighted by Gasteiger charge is -2.31. The van der Waals surface area contributed by atoms with Crippen molar-refractivity contribution >= 4 is 27.5 Å². The van der Waals surface area contributed by atoms with Crippen molar-refractivity contribution in [2.45, 2.75) is 17.7 Å². The lowest BCUT2D eigenvalue weighted by atomic mass is 9.98. The highest BCUT2D eigenvalue weighted by Crippen LogP contribution is 2.23. The van der Waals surface area contributed by atoms with E-state index in [1.807, 2.05) is 0 Å². The molecule has 172 valence electrons. The van der Waals surface area contributed by atoms with Crippen LogP contribution in [0, 0.1) is 5.92 Å². The molecule has 4 rings (SSSR count). The Morgan fingerprint density at radius 1 is 0.909 bits per heavy atom. The third-order valence-electron chi connectivity index (χ3n) is 5.66. The maximum absolute atomic E-state index is 12.7. The number of carbonyl (C=O) groups is 2. The summed E-state index contributed by atoms with van der Waals surface area (Å²) in [4.78, 5) is 24.8. The number of benzene rings is 2. The van der Waals surface area contributed by atoms with Crippen LogP contribution < -0.4 is 10.6 Å². The first-order valence-corrected chi connectivity index (χ1v) is 12.2. The number of amides is 2. The number of nitrogens with one attached hydrogen (secondary N) is 2. The first-order chi connectivity index (χ1) is 15.9. The molecule has 2 heterocycles. The van der Waals surface area contributed by atoms with E-state index in [1.54, 1.807) is 66.7 Å². The summed E-state index contributed by atoms with van der Waals surface area (Å²) in [5.74, 6) is -0.154. The normalized spacial score (nSPS) is 15.2. The zero-order valence-electron chi connectivity index (χ0n) is 17.9. The van der Waals surface area contributed by atoms with Crippen LogP contribution in [0.15, 0.2) is 82.3 Å². The summed E-state index contributed by atoms with van der Waals surface area (Å²) < 4.78 is 32.0. The van der Waals surface area contributed by atoms with E-state index in [2.05, 4.69) is 10.6 Å². The molecule has 1 aliphatic heterocycles. The van der Waals surface area contributed by atoms with Crippen LogP contribution in [0.3, 0.4) is 0 Å². The minimum absolute atomic E-state index is 0.208. The molecule has 0 saturated carbocycles. The fourth-order valence-corrected chi connectivity index (χ4v) is 5.23. The summed E-state index contributed by atoms with van der Waals surface area (Å²) in [6, 6.07) is 18.2. The average Bonchev–Trinajstić information content (AvgIpc) is 3.39. The molecule has 2 amide bonds.